The van der Waals surface area contributed by atoms with Gasteiger partial charge in [0.05, 0.1) is 24.2 Å². The third-order valence-corrected chi connectivity index (χ3v) is 4.00. The van der Waals surface area contributed by atoms with Crippen molar-refractivity contribution in [3.63, 3.8) is 0 Å². The van der Waals surface area contributed by atoms with Crippen molar-refractivity contribution in [2.45, 2.75) is 37.8 Å². The highest BCUT2D eigenvalue weighted by molar-refractivity contribution is 5.78. The minimum atomic E-state index is -0.165. The molecule has 1 aromatic heterocycles. The Labute approximate surface area is 129 Å². The number of nitrogens with one attached hydrogen (secondary N) is 1. The van der Waals surface area contributed by atoms with E-state index in [0.717, 1.165) is 49.0 Å². The minimum Gasteiger partial charge on any atom is -0.393 e. The molecule has 1 fully saturated rings. The Bertz CT molecular complexity index is 652. The van der Waals surface area contributed by atoms with E-state index in [1.807, 2.05) is 12.1 Å². The Balaban J connectivity index is 1.76. The molecule has 0 atom stereocenters. The molecular weight excluding hydrogens is 278 g/mol. The molecule has 2 N–H and O–H groups in total. The lowest BCUT2D eigenvalue weighted by Gasteiger charge is -2.26. The molecule has 5 nitrogen and oxygen atoms in total. The van der Waals surface area contributed by atoms with Crippen molar-refractivity contribution in [1.82, 2.24) is 9.97 Å². The smallest absolute Gasteiger partial charge is 0.150 e. The fraction of sp³-hybridized carbons (Fsp3) is 0.353. The van der Waals surface area contributed by atoms with Crippen LogP contribution in [-0.4, -0.2) is 33.5 Å². The van der Waals surface area contributed by atoms with E-state index in [1.54, 1.807) is 24.5 Å². The molecule has 3 rings (SSSR count). The van der Waals surface area contributed by atoms with E-state index < -0.39 is 0 Å². The molecule has 22 heavy (non-hydrogen) atoms. The first-order valence-corrected chi connectivity index (χ1v) is 7.57. The van der Waals surface area contributed by atoms with Gasteiger partial charge in [-0.15, -0.1) is 0 Å². The highest BCUT2D eigenvalue weighted by Gasteiger charge is 2.19. The Kier molecular flexibility index (Phi) is 4.44. The van der Waals surface area contributed by atoms with Crippen LogP contribution in [0.4, 0.5) is 5.82 Å². The molecule has 0 saturated heterocycles. The van der Waals surface area contributed by atoms with Crippen molar-refractivity contribution >= 4 is 12.1 Å². The van der Waals surface area contributed by atoms with Crippen LogP contribution in [0.1, 0.15) is 36.0 Å². The van der Waals surface area contributed by atoms with Crippen molar-refractivity contribution in [1.29, 1.82) is 0 Å². The third-order valence-electron chi connectivity index (χ3n) is 4.00. The van der Waals surface area contributed by atoms with E-state index >= 15 is 0 Å². The second-order valence-corrected chi connectivity index (χ2v) is 5.68. The van der Waals surface area contributed by atoms with E-state index in [4.69, 9.17) is 0 Å². The number of anilines is 1. The summed E-state index contributed by atoms with van der Waals surface area (Å²) in [5.41, 5.74) is 2.24. The maximum atomic E-state index is 10.9. The number of hydrogen-bond acceptors (Lipinski definition) is 5. The Morgan fingerprint density at radius 3 is 2.77 bits per heavy atom. The van der Waals surface area contributed by atoms with Gasteiger partial charge in [-0.2, -0.15) is 0 Å². The van der Waals surface area contributed by atoms with Crippen LogP contribution in [0.5, 0.6) is 0 Å². The summed E-state index contributed by atoms with van der Waals surface area (Å²) in [7, 11) is 0. The number of benzene rings is 1. The molecule has 0 bridgehead atoms. The second-order valence-electron chi connectivity index (χ2n) is 5.68. The number of rotatable bonds is 4. The number of aldehydes is 1. The molecule has 2 aromatic rings. The number of hydrogen-bond donors (Lipinski definition) is 2. The average Bonchev–Trinajstić information content (AvgIpc) is 2.57. The van der Waals surface area contributed by atoms with Gasteiger partial charge in [-0.3, -0.25) is 9.78 Å². The summed E-state index contributed by atoms with van der Waals surface area (Å²) in [4.78, 5) is 19.7. The fourth-order valence-electron chi connectivity index (χ4n) is 2.78. The van der Waals surface area contributed by atoms with Gasteiger partial charge in [-0.05, 0) is 31.7 Å². The van der Waals surface area contributed by atoms with Gasteiger partial charge in [0.25, 0.3) is 0 Å². The number of aromatic nitrogens is 2. The fourth-order valence-corrected chi connectivity index (χ4v) is 2.78. The molecule has 0 radical (unpaired) electrons. The van der Waals surface area contributed by atoms with Crippen molar-refractivity contribution in [3.05, 3.63) is 42.2 Å². The predicted molar refractivity (Wildman–Crippen MR) is 84.7 cm³/mol. The molecule has 5 heteroatoms. The zero-order chi connectivity index (χ0) is 15.4. The van der Waals surface area contributed by atoms with E-state index in [0.29, 0.717) is 11.6 Å². The maximum Gasteiger partial charge on any atom is 0.150 e. The summed E-state index contributed by atoms with van der Waals surface area (Å²) < 4.78 is 0. The van der Waals surface area contributed by atoms with E-state index in [-0.39, 0.29) is 6.10 Å². The molecule has 114 valence electrons. The zero-order valence-electron chi connectivity index (χ0n) is 12.3. The molecular formula is C17H19N3O2. The minimum absolute atomic E-state index is 0.165. The monoisotopic (exact) mass is 297 g/mol. The van der Waals surface area contributed by atoms with Gasteiger partial charge < -0.3 is 10.4 Å². The van der Waals surface area contributed by atoms with Crippen LogP contribution >= 0.6 is 0 Å². The molecule has 0 amide bonds. The van der Waals surface area contributed by atoms with Gasteiger partial charge in [0.2, 0.25) is 0 Å². The summed E-state index contributed by atoms with van der Waals surface area (Å²) >= 11 is 0. The molecule has 0 unspecified atom stereocenters. The maximum absolute atomic E-state index is 10.9. The van der Waals surface area contributed by atoms with Gasteiger partial charge in [-0.25, -0.2) is 4.98 Å². The first kappa shape index (κ1) is 14.7. The van der Waals surface area contributed by atoms with Gasteiger partial charge >= 0.3 is 0 Å². The van der Waals surface area contributed by atoms with E-state index in [1.165, 1.54) is 0 Å². The lowest BCUT2D eigenvalue weighted by atomic mass is 9.93. The highest BCUT2D eigenvalue weighted by atomic mass is 16.3. The normalized spacial score (nSPS) is 21.3. The quantitative estimate of drug-likeness (QED) is 0.849. The van der Waals surface area contributed by atoms with Gasteiger partial charge in [0.1, 0.15) is 12.1 Å². The standard InChI is InChI=1S/C17H19N3O2/c21-11-12-2-1-3-13(8-12)16-9-18-10-17(20-16)19-14-4-6-15(22)7-5-14/h1-3,8-11,14-15,22H,4-7H2,(H,19,20)/t14-,15-. The van der Waals surface area contributed by atoms with Crippen LogP contribution in [0, 0.1) is 0 Å². The summed E-state index contributed by atoms with van der Waals surface area (Å²) in [5, 5.41) is 12.9. The summed E-state index contributed by atoms with van der Waals surface area (Å²) in [6.45, 7) is 0. The van der Waals surface area contributed by atoms with Crippen molar-refractivity contribution in [2.75, 3.05) is 5.32 Å². The number of carbonyl (C=O) groups excluding carboxylic acids is 1. The van der Waals surface area contributed by atoms with Crippen LogP contribution in [0.15, 0.2) is 36.7 Å². The largest absolute Gasteiger partial charge is 0.393 e. The zero-order valence-corrected chi connectivity index (χ0v) is 12.3. The van der Waals surface area contributed by atoms with Crippen molar-refractivity contribution in [3.8, 4) is 11.3 Å². The highest BCUT2D eigenvalue weighted by Crippen LogP contribution is 2.23. The third kappa shape index (κ3) is 3.49. The molecule has 1 aliphatic rings. The number of aliphatic hydroxyl groups excluding tert-OH is 1. The van der Waals surface area contributed by atoms with E-state index in [2.05, 4.69) is 15.3 Å². The summed E-state index contributed by atoms with van der Waals surface area (Å²) in [6, 6.07) is 7.65. The molecule has 1 aromatic carbocycles. The molecule has 1 aliphatic carbocycles. The number of carbonyl (C=O) groups is 1. The second kappa shape index (κ2) is 6.66. The number of aliphatic hydroxyl groups is 1. The number of nitrogens with zero attached hydrogens (tertiary/aromatic N) is 2. The summed E-state index contributed by atoms with van der Waals surface area (Å²) in [5.74, 6) is 0.732. The van der Waals surface area contributed by atoms with Crippen molar-refractivity contribution in [2.24, 2.45) is 0 Å². The van der Waals surface area contributed by atoms with Crippen LogP contribution in [0.2, 0.25) is 0 Å². The molecule has 1 saturated carbocycles. The molecule has 0 spiro atoms. The van der Waals surface area contributed by atoms with Crippen LogP contribution in [0.25, 0.3) is 11.3 Å². The van der Waals surface area contributed by atoms with Gasteiger partial charge in [0, 0.05) is 17.2 Å². The molecule has 0 aliphatic heterocycles. The summed E-state index contributed by atoms with van der Waals surface area (Å²) in [6.07, 6.45) is 7.59. The lowest BCUT2D eigenvalue weighted by Crippen LogP contribution is -2.28. The first-order chi connectivity index (χ1) is 10.7. The van der Waals surface area contributed by atoms with Crippen LogP contribution in [0.3, 0.4) is 0 Å². The van der Waals surface area contributed by atoms with Crippen molar-refractivity contribution < 1.29 is 9.90 Å². The first-order valence-electron chi connectivity index (χ1n) is 7.57. The van der Waals surface area contributed by atoms with Crippen LogP contribution in [-0.2, 0) is 0 Å². The predicted octanol–water partition coefficient (Wildman–Crippen LogP) is 2.67. The Hall–Kier alpha value is -2.27. The average molecular weight is 297 g/mol. The Morgan fingerprint density at radius 1 is 1.18 bits per heavy atom. The van der Waals surface area contributed by atoms with Gasteiger partial charge in [0.15, 0.2) is 0 Å². The molecule has 1 heterocycles. The SMILES string of the molecule is O=Cc1cccc(-c2cncc(N[C@H]3CC[C@H](O)CC3)n2)c1. The topological polar surface area (TPSA) is 75.1 Å². The van der Waals surface area contributed by atoms with E-state index in [9.17, 15) is 9.90 Å². The lowest BCUT2D eigenvalue weighted by molar-refractivity contribution is 0.112. The Morgan fingerprint density at radius 2 is 2.00 bits per heavy atom. The van der Waals surface area contributed by atoms with Crippen LogP contribution < -0.4 is 5.32 Å². The van der Waals surface area contributed by atoms with Gasteiger partial charge in [-0.1, -0.05) is 18.2 Å².